The van der Waals surface area contributed by atoms with E-state index in [-0.39, 0.29) is 0 Å². The standard InChI is InChI=1S/C9H19NO2/c1-3-10-6-8-4-5-9(12-8)7-11-2/h8-10H,3-7H2,1-2H3. The second-order valence-corrected chi connectivity index (χ2v) is 3.22. The zero-order chi connectivity index (χ0) is 8.81. The molecule has 0 saturated carbocycles. The predicted molar refractivity (Wildman–Crippen MR) is 48.3 cm³/mol. The molecule has 1 N–H and O–H groups in total. The maximum absolute atomic E-state index is 5.72. The lowest BCUT2D eigenvalue weighted by atomic mass is 10.2. The van der Waals surface area contributed by atoms with Crippen molar-refractivity contribution in [1.29, 1.82) is 0 Å². The Morgan fingerprint density at radius 1 is 1.42 bits per heavy atom. The first-order valence-electron chi connectivity index (χ1n) is 4.72. The summed E-state index contributed by atoms with van der Waals surface area (Å²) in [6, 6.07) is 0. The third-order valence-corrected chi connectivity index (χ3v) is 2.17. The molecule has 1 saturated heterocycles. The topological polar surface area (TPSA) is 30.5 Å². The summed E-state index contributed by atoms with van der Waals surface area (Å²) in [7, 11) is 1.72. The molecular weight excluding hydrogens is 154 g/mol. The molecule has 0 aromatic rings. The summed E-state index contributed by atoms with van der Waals surface area (Å²) in [6.07, 6.45) is 3.05. The van der Waals surface area contributed by atoms with Gasteiger partial charge in [-0.3, -0.25) is 0 Å². The lowest BCUT2D eigenvalue weighted by Crippen LogP contribution is -2.27. The van der Waals surface area contributed by atoms with Gasteiger partial charge in [0.2, 0.25) is 0 Å². The van der Waals surface area contributed by atoms with Gasteiger partial charge in [-0.15, -0.1) is 0 Å². The fourth-order valence-electron chi connectivity index (χ4n) is 1.54. The van der Waals surface area contributed by atoms with Crippen LogP contribution in [0.1, 0.15) is 19.8 Å². The zero-order valence-electron chi connectivity index (χ0n) is 8.01. The van der Waals surface area contributed by atoms with Crippen molar-refractivity contribution in [2.75, 3.05) is 26.8 Å². The van der Waals surface area contributed by atoms with Crippen molar-refractivity contribution >= 4 is 0 Å². The molecule has 3 nitrogen and oxygen atoms in total. The van der Waals surface area contributed by atoms with E-state index in [1.54, 1.807) is 7.11 Å². The van der Waals surface area contributed by atoms with Gasteiger partial charge < -0.3 is 14.8 Å². The highest BCUT2D eigenvalue weighted by molar-refractivity contribution is 4.74. The van der Waals surface area contributed by atoms with E-state index in [2.05, 4.69) is 12.2 Å². The lowest BCUT2D eigenvalue weighted by Gasteiger charge is -2.12. The summed E-state index contributed by atoms with van der Waals surface area (Å²) in [5.41, 5.74) is 0. The van der Waals surface area contributed by atoms with Crippen molar-refractivity contribution < 1.29 is 9.47 Å². The van der Waals surface area contributed by atoms with Crippen LogP contribution in [0.3, 0.4) is 0 Å². The normalized spacial score (nSPS) is 29.5. The summed E-state index contributed by atoms with van der Waals surface area (Å²) in [4.78, 5) is 0. The molecule has 2 atom stereocenters. The van der Waals surface area contributed by atoms with Gasteiger partial charge in [0.1, 0.15) is 0 Å². The van der Waals surface area contributed by atoms with Crippen LogP contribution in [0.2, 0.25) is 0 Å². The fourth-order valence-corrected chi connectivity index (χ4v) is 1.54. The smallest absolute Gasteiger partial charge is 0.0813 e. The van der Waals surface area contributed by atoms with Crippen LogP contribution in [0.5, 0.6) is 0 Å². The molecule has 0 spiro atoms. The van der Waals surface area contributed by atoms with Gasteiger partial charge >= 0.3 is 0 Å². The lowest BCUT2D eigenvalue weighted by molar-refractivity contribution is -0.000529. The largest absolute Gasteiger partial charge is 0.382 e. The van der Waals surface area contributed by atoms with Crippen molar-refractivity contribution in [2.45, 2.75) is 32.0 Å². The monoisotopic (exact) mass is 173 g/mol. The van der Waals surface area contributed by atoms with E-state index in [0.29, 0.717) is 12.2 Å². The molecule has 0 bridgehead atoms. The van der Waals surface area contributed by atoms with Gasteiger partial charge in [0, 0.05) is 13.7 Å². The minimum Gasteiger partial charge on any atom is -0.382 e. The highest BCUT2D eigenvalue weighted by Crippen LogP contribution is 2.18. The predicted octanol–water partition coefficient (Wildman–Crippen LogP) is 0.790. The first kappa shape index (κ1) is 9.96. The van der Waals surface area contributed by atoms with E-state index >= 15 is 0 Å². The first-order valence-corrected chi connectivity index (χ1v) is 4.72. The Hall–Kier alpha value is -0.120. The quantitative estimate of drug-likeness (QED) is 0.666. The minimum atomic E-state index is 0.332. The number of nitrogens with one attached hydrogen (secondary N) is 1. The number of hydrogen-bond donors (Lipinski definition) is 1. The molecular formula is C9H19NO2. The number of likely N-dealkylation sites (N-methyl/N-ethyl adjacent to an activating group) is 1. The van der Waals surface area contributed by atoms with E-state index in [1.165, 1.54) is 6.42 Å². The number of ether oxygens (including phenoxy) is 2. The molecule has 1 aliphatic rings. The van der Waals surface area contributed by atoms with Crippen LogP contribution in [-0.2, 0) is 9.47 Å². The summed E-state index contributed by atoms with van der Waals surface area (Å²) < 4.78 is 10.7. The Balaban J connectivity index is 2.08. The van der Waals surface area contributed by atoms with Crippen LogP contribution < -0.4 is 5.32 Å². The summed E-state index contributed by atoms with van der Waals surface area (Å²) >= 11 is 0. The van der Waals surface area contributed by atoms with Crippen molar-refractivity contribution in [2.24, 2.45) is 0 Å². The van der Waals surface area contributed by atoms with E-state index < -0.39 is 0 Å². The van der Waals surface area contributed by atoms with Gasteiger partial charge in [-0.2, -0.15) is 0 Å². The number of hydrogen-bond acceptors (Lipinski definition) is 3. The Kier molecular flexibility index (Phi) is 4.58. The average Bonchev–Trinajstić information content (AvgIpc) is 2.50. The van der Waals surface area contributed by atoms with E-state index in [4.69, 9.17) is 9.47 Å². The second-order valence-electron chi connectivity index (χ2n) is 3.22. The second kappa shape index (κ2) is 5.51. The van der Waals surface area contributed by atoms with Crippen molar-refractivity contribution in [3.63, 3.8) is 0 Å². The molecule has 2 unspecified atom stereocenters. The van der Waals surface area contributed by atoms with Crippen LogP contribution >= 0.6 is 0 Å². The minimum absolute atomic E-state index is 0.332. The van der Waals surface area contributed by atoms with Crippen LogP contribution in [0.15, 0.2) is 0 Å². The van der Waals surface area contributed by atoms with Crippen LogP contribution in [0.4, 0.5) is 0 Å². The highest BCUT2D eigenvalue weighted by Gasteiger charge is 2.24. The highest BCUT2D eigenvalue weighted by atomic mass is 16.5. The molecule has 0 aromatic carbocycles. The average molecular weight is 173 g/mol. The van der Waals surface area contributed by atoms with E-state index in [1.807, 2.05) is 0 Å². The Labute approximate surface area is 74.4 Å². The van der Waals surface area contributed by atoms with Crippen LogP contribution in [0.25, 0.3) is 0 Å². The van der Waals surface area contributed by atoms with Gasteiger partial charge in [-0.25, -0.2) is 0 Å². The maximum atomic E-state index is 5.72. The SMILES string of the molecule is CCNCC1CCC(COC)O1. The molecule has 1 aliphatic heterocycles. The zero-order valence-corrected chi connectivity index (χ0v) is 8.01. The fraction of sp³-hybridized carbons (Fsp3) is 1.00. The molecule has 12 heavy (non-hydrogen) atoms. The Morgan fingerprint density at radius 3 is 2.83 bits per heavy atom. The maximum Gasteiger partial charge on any atom is 0.0813 e. The van der Waals surface area contributed by atoms with Crippen molar-refractivity contribution in [3.05, 3.63) is 0 Å². The third-order valence-electron chi connectivity index (χ3n) is 2.17. The first-order chi connectivity index (χ1) is 5.86. The Bertz CT molecular complexity index is 119. The summed E-state index contributed by atoms with van der Waals surface area (Å²) in [6.45, 7) is 4.86. The summed E-state index contributed by atoms with van der Waals surface area (Å²) in [5.74, 6) is 0. The van der Waals surface area contributed by atoms with Gasteiger partial charge in [-0.05, 0) is 19.4 Å². The number of methoxy groups -OCH3 is 1. The molecule has 0 aromatic heterocycles. The van der Waals surface area contributed by atoms with E-state index in [0.717, 1.165) is 26.1 Å². The van der Waals surface area contributed by atoms with Crippen molar-refractivity contribution in [3.8, 4) is 0 Å². The Morgan fingerprint density at radius 2 is 2.17 bits per heavy atom. The molecule has 3 heteroatoms. The molecule has 1 rings (SSSR count). The third kappa shape index (κ3) is 3.09. The van der Waals surface area contributed by atoms with Gasteiger partial charge in [0.25, 0.3) is 0 Å². The van der Waals surface area contributed by atoms with Gasteiger partial charge in [0.15, 0.2) is 0 Å². The molecule has 1 fully saturated rings. The van der Waals surface area contributed by atoms with Gasteiger partial charge in [0.05, 0.1) is 18.8 Å². The summed E-state index contributed by atoms with van der Waals surface area (Å²) in [5, 5.41) is 3.29. The number of rotatable bonds is 5. The van der Waals surface area contributed by atoms with Gasteiger partial charge in [-0.1, -0.05) is 6.92 Å². The molecule has 0 amide bonds. The molecule has 0 radical (unpaired) electrons. The van der Waals surface area contributed by atoms with Crippen LogP contribution in [0, 0.1) is 0 Å². The van der Waals surface area contributed by atoms with Crippen LogP contribution in [-0.4, -0.2) is 39.0 Å². The molecule has 1 heterocycles. The van der Waals surface area contributed by atoms with Crippen molar-refractivity contribution in [1.82, 2.24) is 5.32 Å². The molecule has 0 aliphatic carbocycles. The van der Waals surface area contributed by atoms with E-state index in [9.17, 15) is 0 Å². The molecule has 72 valence electrons.